The molecule has 0 aliphatic rings. The molecule has 4 nitrogen and oxygen atoms in total. The third kappa shape index (κ3) is 2.97. The Balaban J connectivity index is 0.000000810. The van der Waals surface area contributed by atoms with Crippen LogP contribution in [-0.4, -0.2) is 16.5 Å². The van der Waals surface area contributed by atoms with Gasteiger partial charge in [-0.3, -0.25) is 0 Å². The van der Waals surface area contributed by atoms with Crippen molar-refractivity contribution in [2.24, 2.45) is 0 Å². The monoisotopic (exact) mass is 339 g/mol. The van der Waals surface area contributed by atoms with E-state index in [1.165, 1.54) is 12.3 Å². The Bertz CT molecular complexity index is 209. The van der Waals surface area contributed by atoms with Crippen LogP contribution in [0.5, 0.6) is 6.01 Å². The largest absolute Gasteiger partial charge is 0.496 e. The SMILES string of the molecule is [3H]Oc1nccc([NH-])n1.[Ac]. The molecule has 9 heavy (non-hydrogen) atoms. The Labute approximate surface area is 89.6 Å². The molecule has 2 N–H and O–H groups in total. The van der Waals surface area contributed by atoms with Gasteiger partial charge in [0.2, 0.25) is 6.01 Å². The van der Waals surface area contributed by atoms with Crippen LogP contribution in [0.15, 0.2) is 12.3 Å². The van der Waals surface area contributed by atoms with Crippen molar-refractivity contribution < 1.29 is 49.2 Å². The number of hydrogen-bond donors (Lipinski definition) is 1. The minimum atomic E-state index is -0.0949. The Hall–Kier alpha value is 0.122. The van der Waals surface area contributed by atoms with Gasteiger partial charge in [0.25, 0.3) is 1.43 Å². The van der Waals surface area contributed by atoms with Gasteiger partial charge in [-0.1, -0.05) is 5.82 Å². The summed E-state index contributed by atoms with van der Waals surface area (Å²) in [4.78, 5) is 6.95. The zero-order valence-electron chi connectivity index (χ0n) is 5.53. The minimum Gasteiger partial charge on any atom is -0.496 e. The van der Waals surface area contributed by atoms with Gasteiger partial charge in [-0.15, -0.1) is 0 Å². The molecule has 0 spiro atoms. The predicted molar refractivity (Wildman–Crippen MR) is 27.7 cm³/mol. The fourth-order valence-corrected chi connectivity index (χ4v) is 0.341. The molecular formula is C4H4AcN3O-. The molecule has 0 fully saturated rings. The second-order valence-electron chi connectivity index (χ2n) is 1.22. The second-order valence-corrected chi connectivity index (χ2v) is 1.22. The van der Waals surface area contributed by atoms with Gasteiger partial charge >= 0.3 is 0 Å². The van der Waals surface area contributed by atoms with Crippen molar-refractivity contribution in [3.8, 4) is 6.01 Å². The number of aromatic hydroxyl groups is 1. The molecule has 1 aromatic rings. The van der Waals surface area contributed by atoms with Gasteiger partial charge in [0.1, 0.15) is 0 Å². The third-order valence-electron chi connectivity index (χ3n) is 0.633. The molecule has 1 heterocycles. The average Bonchev–Trinajstić information content (AvgIpc) is 1.88. The first-order chi connectivity index (χ1) is 4.33. The maximum atomic E-state index is 6.92. The van der Waals surface area contributed by atoms with Crippen molar-refractivity contribution >= 4 is 5.82 Å². The Kier molecular flexibility index (Phi) is 3.23. The van der Waals surface area contributed by atoms with Crippen LogP contribution in [-0.2, 0) is 0 Å². The summed E-state index contributed by atoms with van der Waals surface area (Å²) in [6, 6.07) is 1.31. The molecular weight excluding hydrogens is 333 g/mol. The molecule has 0 aliphatic heterocycles. The maximum Gasteiger partial charge on any atom is 0.294 e. The maximum absolute atomic E-state index is 6.92. The van der Waals surface area contributed by atoms with Gasteiger partial charge in [0.05, 0.1) is 0 Å². The van der Waals surface area contributed by atoms with Crippen molar-refractivity contribution in [1.82, 2.24) is 9.97 Å². The predicted octanol–water partition coefficient (Wildman–Crippen LogP) is 0.866. The van der Waals surface area contributed by atoms with Gasteiger partial charge in [-0.2, -0.15) is 0 Å². The molecule has 45 valence electrons. The van der Waals surface area contributed by atoms with Crippen molar-refractivity contribution in [3.63, 3.8) is 0 Å². The van der Waals surface area contributed by atoms with Crippen molar-refractivity contribution in [3.05, 3.63) is 18.0 Å². The fourth-order valence-electron chi connectivity index (χ4n) is 0.341. The van der Waals surface area contributed by atoms with Gasteiger partial charge in [0, 0.05) is 50.3 Å². The van der Waals surface area contributed by atoms with E-state index in [0.717, 1.165) is 0 Å². The van der Waals surface area contributed by atoms with Gasteiger partial charge in [-0.05, 0) is 6.07 Å². The van der Waals surface area contributed by atoms with Crippen LogP contribution in [0, 0.1) is 44.1 Å². The summed E-state index contributed by atoms with van der Waals surface area (Å²) in [5, 5.41) is 3.90. The molecule has 1 rings (SSSR count). The Morgan fingerprint density at radius 1 is 1.78 bits per heavy atom. The number of hydrogen-bond acceptors (Lipinski definition) is 3. The van der Waals surface area contributed by atoms with E-state index in [0.29, 0.717) is 0 Å². The minimum absolute atomic E-state index is 0. The van der Waals surface area contributed by atoms with Crippen molar-refractivity contribution in [2.75, 3.05) is 0 Å². The molecule has 0 aromatic carbocycles. The fraction of sp³-hybridized carbons (Fsp3) is 0. The van der Waals surface area contributed by atoms with E-state index in [1.807, 2.05) is 0 Å². The molecule has 0 amide bonds. The summed E-state index contributed by atoms with van der Waals surface area (Å²) >= 11 is 0. The van der Waals surface area contributed by atoms with E-state index in [2.05, 4.69) is 15.1 Å². The zero-order chi connectivity index (χ0) is 6.69. The number of rotatable bonds is 1. The van der Waals surface area contributed by atoms with E-state index in [4.69, 9.17) is 7.16 Å². The van der Waals surface area contributed by atoms with Crippen molar-refractivity contribution in [2.45, 2.75) is 0 Å². The standard InChI is InChI=1S/C4H4N3O.Ac/c5-3-1-2-6-4(8)7-3;/h1-2H,(H2-,5,6,7,8);/q-1;/i/hT. The zero-order valence-corrected chi connectivity index (χ0v) is 9.28. The van der Waals surface area contributed by atoms with Gasteiger partial charge in [-0.25, -0.2) is 4.98 Å². The summed E-state index contributed by atoms with van der Waals surface area (Å²) in [6.07, 6.45) is 1.36. The molecule has 0 saturated heterocycles. The summed E-state index contributed by atoms with van der Waals surface area (Å²) in [7, 11) is 0. The van der Waals surface area contributed by atoms with Gasteiger partial charge < -0.3 is 15.8 Å². The van der Waals surface area contributed by atoms with E-state index >= 15 is 0 Å². The molecule has 0 aliphatic carbocycles. The van der Waals surface area contributed by atoms with E-state index < -0.39 is 0 Å². The average molecular weight is 339 g/mol. The van der Waals surface area contributed by atoms with Crippen LogP contribution in [0.1, 0.15) is 0 Å². The van der Waals surface area contributed by atoms with Crippen LogP contribution in [0.4, 0.5) is 5.82 Å². The second kappa shape index (κ2) is 4.02. The summed E-state index contributed by atoms with van der Waals surface area (Å²) in [6.45, 7) is 0. The number of aromatic nitrogens is 2. The van der Waals surface area contributed by atoms with Crippen molar-refractivity contribution in [1.29, 1.82) is 1.43 Å². The van der Waals surface area contributed by atoms with E-state index in [-0.39, 0.29) is 55.9 Å². The van der Waals surface area contributed by atoms with Gasteiger partial charge in [0.15, 0.2) is 0 Å². The van der Waals surface area contributed by atoms with E-state index in [1.54, 1.807) is 0 Å². The summed E-state index contributed by atoms with van der Waals surface area (Å²) in [5.74, 6) is 0.0484. The number of nitrogens with one attached hydrogen (secondary N) is 1. The molecule has 1 aromatic heterocycles. The molecule has 0 saturated carbocycles. The summed E-state index contributed by atoms with van der Waals surface area (Å²) < 4.78 is 6.33. The van der Waals surface area contributed by atoms with Crippen LogP contribution in [0.2, 0.25) is 0 Å². The Morgan fingerprint density at radius 2 is 2.56 bits per heavy atom. The van der Waals surface area contributed by atoms with Crippen LogP contribution in [0.25, 0.3) is 5.73 Å². The first-order valence-corrected chi connectivity index (χ1v) is 2.01. The molecule has 1 radical (unpaired) electrons. The first kappa shape index (κ1) is 7.23. The van der Waals surface area contributed by atoms with Crippen LogP contribution >= 0.6 is 0 Å². The van der Waals surface area contributed by atoms with Crippen LogP contribution < -0.4 is 0 Å². The first-order valence-electron chi connectivity index (χ1n) is 2.41. The normalized spacial score (nSPS) is 9.11. The smallest absolute Gasteiger partial charge is 0.294 e. The topological polar surface area (TPSA) is 69.8 Å². The summed E-state index contributed by atoms with van der Waals surface area (Å²) in [5.41, 5.74) is 6.92. The molecule has 0 bridgehead atoms. The Morgan fingerprint density at radius 3 is 3.00 bits per heavy atom. The van der Waals surface area contributed by atoms with Crippen LogP contribution in [0.3, 0.4) is 0 Å². The number of nitrogens with zero attached hydrogens (tertiary/aromatic N) is 2. The molecule has 0 atom stereocenters. The molecule has 5 heteroatoms. The molecule has 0 unspecified atom stereocenters. The third-order valence-corrected chi connectivity index (χ3v) is 0.633. The quantitative estimate of drug-likeness (QED) is 0.825. The van der Waals surface area contributed by atoms with E-state index in [9.17, 15) is 0 Å².